The monoisotopic (exact) mass is 351 g/mol. The molecule has 0 saturated heterocycles. The number of carboxylic acid groups (broad SMARTS) is 1. The van der Waals surface area contributed by atoms with Gasteiger partial charge in [-0.25, -0.2) is 0 Å². The van der Waals surface area contributed by atoms with E-state index in [2.05, 4.69) is 36.5 Å². The summed E-state index contributed by atoms with van der Waals surface area (Å²) in [6, 6.07) is 0. The van der Waals surface area contributed by atoms with E-state index in [1.165, 1.54) is 70.6 Å². The van der Waals surface area contributed by atoms with Crippen LogP contribution in [-0.4, -0.2) is 24.2 Å². The van der Waals surface area contributed by atoms with Crippen LogP contribution in [0.1, 0.15) is 96.8 Å². The molecule has 2 N–H and O–H groups in total. The molecule has 0 aromatic heterocycles. The average molecular weight is 352 g/mol. The third-order valence-electron chi connectivity index (χ3n) is 4.30. The van der Waals surface area contributed by atoms with Gasteiger partial charge in [-0.15, -0.1) is 0 Å². The molecule has 0 amide bonds. The Bertz CT molecular complexity index is 337. The summed E-state index contributed by atoms with van der Waals surface area (Å²) < 4.78 is 0. The van der Waals surface area contributed by atoms with Gasteiger partial charge < -0.3 is 10.4 Å². The molecule has 0 aliphatic rings. The summed E-state index contributed by atoms with van der Waals surface area (Å²) in [6.07, 6.45) is 25.6. The summed E-state index contributed by atoms with van der Waals surface area (Å²) in [5.74, 6) is -0.699. The van der Waals surface area contributed by atoms with E-state index in [1.807, 2.05) is 0 Å². The highest BCUT2D eigenvalue weighted by Gasteiger charge is 1.95. The summed E-state index contributed by atoms with van der Waals surface area (Å²) in [7, 11) is 0. The third kappa shape index (κ3) is 22.9. The smallest absolute Gasteiger partial charge is 0.303 e. The molecule has 146 valence electrons. The Labute approximate surface area is 156 Å². The molecule has 0 aliphatic carbocycles. The van der Waals surface area contributed by atoms with Crippen molar-refractivity contribution in [1.82, 2.24) is 5.32 Å². The zero-order chi connectivity index (χ0) is 18.4. The van der Waals surface area contributed by atoms with Gasteiger partial charge >= 0.3 is 5.97 Å². The SMILES string of the molecule is CCCCCC=CCC=CCCCCCCCCNCCCC(=O)O. The van der Waals surface area contributed by atoms with Gasteiger partial charge in [-0.2, -0.15) is 0 Å². The van der Waals surface area contributed by atoms with E-state index < -0.39 is 5.97 Å². The first-order valence-electron chi connectivity index (χ1n) is 10.5. The Kier molecular flexibility index (Phi) is 20.0. The molecule has 0 radical (unpaired) electrons. The van der Waals surface area contributed by atoms with Crippen LogP contribution in [0.4, 0.5) is 0 Å². The van der Waals surface area contributed by atoms with Crippen molar-refractivity contribution in [2.24, 2.45) is 0 Å². The first-order valence-corrected chi connectivity index (χ1v) is 10.5. The Morgan fingerprint density at radius 1 is 0.760 bits per heavy atom. The van der Waals surface area contributed by atoms with Crippen molar-refractivity contribution in [3.05, 3.63) is 24.3 Å². The molecule has 3 heteroatoms. The predicted octanol–water partition coefficient (Wildman–Crippen LogP) is 6.25. The second-order valence-electron chi connectivity index (χ2n) is 6.83. The Balaban J connectivity index is 3.13. The van der Waals surface area contributed by atoms with E-state index in [1.54, 1.807) is 0 Å². The lowest BCUT2D eigenvalue weighted by Crippen LogP contribution is -2.17. The zero-order valence-electron chi connectivity index (χ0n) is 16.5. The molecule has 0 aromatic carbocycles. The number of carboxylic acids is 1. The van der Waals surface area contributed by atoms with Crippen LogP contribution >= 0.6 is 0 Å². The number of carbonyl (C=O) groups is 1. The summed E-state index contributed by atoms with van der Waals surface area (Å²) in [6.45, 7) is 4.10. The van der Waals surface area contributed by atoms with Crippen molar-refractivity contribution in [1.29, 1.82) is 0 Å². The van der Waals surface area contributed by atoms with Crippen LogP contribution in [0.2, 0.25) is 0 Å². The van der Waals surface area contributed by atoms with Crippen molar-refractivity contribution < 1.29 is 9.90 Å². The van der Waals surface area contributed by atoms with Crippen LogP contribution in [0.3, 0.4) is 0 Å². The normalized spacial score (nSPS) is 11.7. The number of allylic oxidation sites excluding steroid dienone is 4. The highest BCUT2D eigenvalue weighted by atomic mass is 16.4. The molecular formula is C22H41NO2. The number of nitrogens with one attached hydrogen (secondary N) is 1. The van der Waals surface area contributed by atoms with Crippen molar-refractivity contribution in [3.8, 4) is 0 Å². The molecule has 0 aromatic rings. The van der Waals surface area contributed by atoms with Gasteiger partial charge in [-0.3, -0.25) is 4.79 Å². The minimum atomic E-state index is -0.699. The summed E-state index contributed by atoms with van der Waals surface area (Å²) in [5.41, 5.74) is 0. The molecular weight excluding hydrogens is 310 g/mol. The van der Waals surface area contributed by atoms with Crippen molar-refractivity contribution in [2.75, 3.05) is 13.1 Å². The van der Waals surface area contributed by atoms with E-state index in [9.17, 15) is 4.79 Å². The second-order valence-corrected chi connectivity index (χ2v) is 6.83. The molecule has 25 heavy (non-hydrogen) atoms. The predicted molar refractivity (Wildman–Crippen MR) is 109 cm³/mol. The highest BCUT2D eigenvalue weighted by molar-refractivity contribution is 5.66. The fourth-order valence-corrected chi connectivity index (χ4v) is 2.73. The highest BCUT2D eigenvalue weighted by Crippen LogP contribution is 2.07. The molecule has 0 rings (SSSR count). The Morgan fingerprint density at radius 3 is 1.96 bits per heavy atom. The number of hydrogen-bond donors (Lipinski definition) is 2. The number of hydrogen-bond acceptors (Lipinski definition) is 2. The summed E-state index contributed by atoms with van der Waals surface area (Å²) in [5, 5.41) is 11.8. The van der Waals surface area contributed by atoms with Gasteiger partial charge in [-0.05, 0) is 58.0 Å². The topological polar surface area (TPSA) is 49.3 Å². The average Bonchev–Trinajstić information content (AvgIpc) is 2.60. The third-order valence-corrected chi connectivity index (χ3v) is 4.30. The van der Waals surface area contributed by atoms with Crippen LogP contribution in [0.25, 0.3) is 0 Å². The van der Waals surface area contributed by atoms with Crippen LogP contribution in [-0.2, 0) is 4.79 Å². The van der Waals surface area contributed by atoms with Crippen molar-refractivity contribution in [2.45, 2.75) is 96.8 Å². The lowest BCUT2D eigenvalue weighted by Gasteiger charge is -2.03. The minimum absolute atomic E-state index is 0.274. The lowest BCUT2D eigenvalue weighted by atomic mass is 10.1. The molecule has 0 atom stereocenters. The van der Waals surface area contributed by atoms with Crippen molar-refractivity contribution in [3.63, 3.8) is 0 Å². The molecule has 0 fully saturated rings. The van der Waals surface area contributed by atoms with E-state index in [0.717, 1.165) is 25.9 Å². The van der Waals surface area contributed by atoms with E-state index in [-0.39, 0.29) is 6.42 Å². The van der Waals surface area contributed by atoms with E-state index >= 15 is 0 Å². The van der Waals surface area contributed by atoms with Gasteiger partial charge in [-0.1, -0.05) is 69.8 Å². The van der Waals surface area contributed by atoms with Crippen LogP contribution in [0.15, 0.2) is 24.3 Å². The summed E-state index contributed by atoms with van der Waals surface area (Å²) >= 11 is 0. The fraction of sp³-hybridized carbons (Fsp3) is 0.773. The van der Waals surface area contributed by atoms with Crippen LogP contribution in [0.5, 0.6) is 0 Å². The Morgan fingerprint density at radius 2 is 1.32 bits per heavy atom. The molecule has 0 unspecified atom stereocenters. The molecule has 0 heterocycles. The van der Waals surface area contributed by atoms with Crippen LogP contribution in [0, 0.1) is 0 Å². The fourth-order valence-electron chi connectivity index (χ4n) is 2.73. The van der Waals surface area contributed by atoms with Crippen molar-refractivity contribution >= 4 is 5.97 Å². The maximum Gasteiger partial charge on any atom is 0.303 e. The maximum absolute atomic E-state index is 10.4. The molecule has 0 saturated carbocycles. The van der Waals surface area contributed by atoms with E-state index in [4.69, 9.17) is 5.11 Å². The number of rotatable bonds is 19. The standard InChI is InChI=1S/C22H41NO2/c1-2-3-4-5-6-7-8-9-10-11-12-13-14-15-16-17-20-23-21-18-19-22(24)25/h6-7,9-10,23H,2-5,8,11-21H2,1H3,(H,24,25). The molecule has 0 aliphatic heterocycles. The number of aliphatic carboxylic acids is 1. The van der Waals surface area contributed by atoms with Gasteiger partial charge in [0, 0.05) is 6.42 Å². The molecule has 0 bridgehead atoms. The maximum atomic E-state index is 10.4. The second kappa shape index (κ2) is 21.0. The molecule has 0 spiro atoms. The quantitative estimate of drug-likeness (QED) is 0.213. The van der Waals surface area contributed by atoms with Gasteiger partial charge in [0.15, 0.2) is 0 Å². The van der Waals surface area contributed by atoms with Gasteiger partial charge in [0.1, 0.15) is 0 Å². The Hall–Kier alpha value is -1.09. The van der Waals surface area contributed by atoms with Crippen LogP contribution < -0.4 is 5.32 Å². The van der Waals surface area contributed by atoms with Gasteiger partial charge in [0.05, 0.1) is 0 Å². The number of unbranched alkanes of at least 4 members (excludes halogenated alkanes) is 9. The van der Waals surface area contributed by atoms with E-state index in [0.29, 0.717) is 0 Å². The first-order chi connectivity index (χ1) is 12.3. The van der Waals surface area contributed by atoms with Gasteiger partial charge in [0.25, 0.3) is 0 Å². The first kappa shape index (κ1) is 23.9. The lowest BCUT2D eigenvalue weighted by molar-refractivity contribution is -0.137. The largest absolute Gasteiger partial charge is 0.481 e. The van der Waals surface area contributed by atoms with Gasteiger partial charge in [0.2, 0.25) is 0 Å². The summed E-state index contributed by atoms with van der Waals surface area (Å²) in [4.78, 5) is 10.4. The minimum Gasteiger partial charge on any atom is -0.481 e. The molecule has 3 nitrogen and oxygen atoms in total. The zero-order valence-corrected chi connectivity index (χ0v) is 16.5.